The van der Waals surface area contributed by atoms with Crippen molar-refractivity contribution in [1.29, 1.82) is 0 Å². The minimum absolute atomic E-state index is 0.0449. The van der Waals surface area contributed by atoms with E-state index in [2.05, 4.69) is 146 Å². The van der Waals surface area contributed by atoms with Gasteiger partial charge in [0.2, 0.25) is 0 Å². The number of fused-ring (bicyclic) bond motifs is 8. The van der Waals surface area contributed by atoms with Crippen molar-refractivity contribution in [3.05, 3.63) is 139 Å². The van der Waals surface area contributed by atoms with Crippen molar-refractivity contribution >= 4 is 59.3 Å². The lowest BCUT2D eigenvalue weighted by molar-refractivity contribution is 0.660. The third kappa shape index (κ3) is 3.32. The number of hydrogen-bond donors (Lipinski definition) is 0. The lowest BCUT2D eigenvalue weighted by atomic mass is 9.82. The maximum atomic E-state index is 2.41. The van der Waals surface area contributed by atoms with Crippen LogP contribution in [0.4, 0.5) is 17.1 Å². The molecule has 0 spiro atoms. The number of nitrogens with zero attached hydrogens (tertiary/aromatic N) is 1. The molecule has 7 aromatic rings. The summed E-state index contributed by atoms with van der Waals surface area (Å²) in [5, 5.41) is 5.28. The van der Waals surface area contributed by atoms with Crippen LogP contribution in [-0.2, 0) is 5.41 Å². The fourth-order valence-corrected chi connectivity index (χ4v) is 7.63. The number of rotatable bonds is 3. The molecular formula is C37H27NS. The second-order valence-electron chi connectivity index (χ2n) is 11.0. The molecule has 1 aliphatic carbocycles. The molecule has 39 heavy (non-hydrogen) atoms. The van der Waals surface area contributed by atoms with Gasteiger partial charge in [-0.15, -0.1) is 11.3 Å². The molecule has 0 N–H and O–H groups in total. The number of benzene rings is 6. The van der Waals surface area contributed by atoms with E-state index in [1.165, 1.54) is 64.6 Å². The van der Waals surface area contributed by atoms with Gasteiger partial charge in [0.25, 0.3) is 0 Å². The molecule has 6 aromatic carbocycles. The fraction of sp³-hybridized carbons (Fsp3) is 0.0811. The van der Waals surface area contributed by atoms with Gasteiger partial charge in [0.05, 0.1) is 0 Å². The monoisotopic (exact) mass is 517 g/mol. The number of thiophene rings is 1. The Kier molecular flexibility index (Phi) is 4.80. The lowest BCUT2D eigenvalue weighted by Gasteiger charge is -2.28. The molecule has 0 saturated heterocycles. The van der Waals surface area contributed by atoms with E-state index in [4.69, 9.17) is 0 Å². The van der Waals surface area contributed by atoms with E-state index < -0.39 is 0 Å². The zero-order valence-electron chi connectivity index (χ0n) is 22.0. The highest BCUT2D eigenvalue weighted by Gasteiger charge is 2.35. The molecule has 0 radical (unpaired) electrons. The van der Waals surface area contributed by atoms with Crippen LogP contribution in [0.15, 0.2) is 127 Å². The highest BCUT2D eigenvalue weighted by molar-refractivity contribution is 7.26. The van der Waals surface area contributed by atoms with Crippen molar-refractivity contribution in [2.24, 2.45) is 0 Å². The van der Waals surface area contributed by atoms with Gasteiger partial charge in [-0.1, -0.05) is 92.7 Å². The van der Waals surface area contributed by atoms with E-state index in [0.717, 1.165) is 5.69 Å². The average Bonchev–Trinajstić information content (AvgIpc) is 3.46. The Morgan fingerprint density at radius 2 is 1.21 bits per heavy atom. The van der Waals surface area contributed by atoms with Crippen molar-refractivity contribution in [3.8, 4) is 11.1 Å². The van der Waals surface area contributed by atoms with Gasteiger partial charge in [-0.25, -0.2) is 0 Å². The SMILES string of the molecule is CC1(C)c2ccccc2-c2ccc(N(c3ccccc3)c3ccc4sc5ccc6ccccc6c5c4c3)cc21. The van der Waals surface area contributed by atoms with Crippen molar-refractivity contribution in [3.63, 3.8) is 0 Å². The van der Waals surface area contributed by atoms with E-state index in [1.807, 2.05) is 11.3 Å². The van der Waals surface area contributed by atoms with Gasteiger partial charge in [-0.05, 0) is 81.6 Å². The number of para-hydroxylation sites is 1. The maximum absolute atomic E-state index is 2.41. The van der Waals surface area contributed by atoms with Crippen LogP contribution in [0.5, 0.6) is 0 Å². The minimum Gasteiger partial charge on any atom is -0.310 e. The highest BCUT2D eigenvalue weighted by atomic mass is 32.1. The fourth-order valence-electron chi connectivity index (χ4n) is 6.53. The Morgan fingerprint density at radius 3 is 2.10 bits per heavy atom. The van der Waals surface area contributed by atoms with Gasteiger partial charge in [-0.2, -0.15) is 0 Å². The summed E-state index contributed by atoms with van der Waals surface area (Å²) in [5.41, 5.74) is 8.97. The average molecular weight is 518 g/mol. The van der Waals surface area contributed by atoms with Crippen LogP contribution in [0.1, 0.15) is 25.0 Å². The second kappa shape index (κ2) is 8.30. The van der Waals surface area contributed by atoms with E-state index in [-0.39, 0.29) is 5.41 Å². The van der Waals surface area contributed by atoms with Crippen LogP contribution in [0.2, 0.25) is 0 Å². The summed E-state index contributed by atoms with van der Waals surface area (Å²) >= 11 is 1.88. The lowest BCUT2D eigenvalue weighted by Crippen LogP contribution is -2.16. The Hall–Kier alpha value is -4.40. The van der Waals surface area contributed by atoms with Gasteiger partial charge < -0.3 is 4.90 Å². The summed E-state index contributed by atoms with van der Waals surface area (Å²) in [4.78, 5) is 2.41. The number of anilines is 3. The van der Waals surface area contributed by atoms with Gasteiger partial charge in [0.15, 0.2) is 0 Å². The summed E-state index contributed by atoms with van der Waals surface area (Å²) in [5.74, 6) is 0. The summed E-state index contributed by atoms with van der Waals surface area (Å²) < 4.78 is 2.66. The molecule has 0 amide bonds. The third-order valence-corrected chi connectivity index (χ3v) is 9.58. The first-order valence-electron chi connectivity index (χ1n) is 13.5. The first-order chi connectivity index (χ1) is 19.1. The molecule has 1 heterocycles. The van der Waals surface area contributed by atoms with E-state index in [9.17, 15) is 0 Å². The Balaban J connectivity index is 1.36. The molecule has 186 valence electrons. The zero-order valence-corrected chi connectivity index (χ0v) is 22.8. The predicted octanol–water partition coefficient (Wildman–Crippen LogP) is 11.0. The van der Waals surface area contributed by atoms with Crippen molar-refractivity contribution in [2.75, 3.05) is 4.90 Å². The van der Waals surface area contributed by atoms with Crippen LogP contribution in [0.25, 0.3) is 42.1 Å². The molecule has 8 rings (SSSR count). The molecule has 0 unspecified atom stereocenters. The normalized spacial score (nSPS) is 13.6. The van der Waals surface area contributed by atoms with E-state index in [1.54, 1.807) is 0 Å². The van der Waals surface area contributed by atoms with Crippen LogP contribution >= 0.6 is 11.3 Å². The first-order valence-corrected chi connectivity index (χ1v) is 14.3. The smallest absolute Gasteiger partial charge is 0.0468 e. The maximum Gasteiger partial charge on any atom is 0.0468 e. The Morgan fingerprint density at radius 1 is 0.513 bits per heavy atom. The van der Waals surface area contributed by atoms with Gasteiger partial charge in [0, 0.05) is 42.6 Å². The summed E-state index contributed by atoms with van der Waals surface area (Å²) in [6, 6.07) is 46.9. The molecule has 0 fully saturated rings. The number of hydrogen-bond acceptors (Lipinski definition) is 2. The van der Waals surface area contributed by atoms with Gasteiger partial charge in [0.1, 0.15) is 0 Å². The summed E-state index contributed by atoms with van der Waals surface area (Å²) in [7, 11) is 0. The summed E-state index contributed by atoms with van der Waals surface area (Å²) in [6.07, 6.45) is 0. The van der Waals surface area contributed by atoms with Crippen molar-refractivity contribution < 1.29 is 0 Å². The second-order valence-corrected chi connectivity index (χ2v) is 12.1. The Labute approximate surface area is 232 Å². The van der Waals surface area contributed by atoms with Crippen LogP contribution in [0.3, 0.4) is 0 Å². The minimum atomic E-state index is -0.0449. The first kappa shape index (κ1) is 22.6. The van der Waals surface area contributed by atoms with Crippen LogP contribution in [0, 0.1) is 0 Å². The molecule has 0 aliphatic heterocycles. The van der Waals surface area contributed by atoms with Crippen LogP contribution < -0.4 is 4.90 Å². The molecule has 1 aromatic heterocycles. The third-order valence-electron chi connectivity index (χ3n) is 8.44. The van der Waals surface area contributed by atoms with Crippen molar-refractivity contribution in [2.45, 2.75) is 19.3 Å². The van der Waals surface area contributed by atoms with Gasteiger partial charge >= 0.3 is 0 Å². The molecule has 0 bridgehead atoms. The highest BCUT2D eigenvalue weighted by Crippen LogP contribution is 2.51. The standard InChI is InChI=1S/C37H27NS/c1-37(2)32-15-9-8-14-29(32)30-19-17-27(23-33(30)37)38(25-11-4-3-5-12-25)26-18-21-34-31(22-26)36-28-13-7-6-10-24(28)16-20-35(36)39-34/h3-23H,1-2H3. The van der Waals surface area contributed by atoms with E-state index >= 15 is 0 Å². The molecule has 0 saturated carbocycles. The van der Waals surface area contributed by atoms with E-state index in [0.29, 0.717) is 0 Å². The quantitative estimate of drug-likeness (QED) is 0.225. The van der Waals surface area contributed by atoms with Crippen LogP contribution in [-0.4, -0.2) is 0 Å². The Bertz CT molecular complexity index is 2050. The molecule has 2 heteroatoms. The summed E-state index contributed by atoms with van der Waals surface area (Å²) in [6.45, 7) is 4.70. The topological polar surface area (TPSA) is 3.24 Å². The molecular weight excluding hydrogens is 490 g/mol. The molecule has 1 aliphatic rings. The zero-order chi connectivity index (χ0) is 26.1. The molecule has 1 nitrogen and oxygen atoms in total. The largest absolute Gasteiger partial charge is 0.310 e. The van der Waals surface area contributed by atoms with Gasteiger partial charge in [-0.3, -0.25) is 0 Å². The predicted molar refractivity (Wildman–Crippen MR) is 169 cm³/mol. The van der Waals surface area contributed by atoms with Crippen molar-refractivity contribution in [1.82, 2.24) is 0 Å². The molecule has 0 atom stereocenters.